The van der Waals surface area contributed by atoms with Crippen LogP contribution in [0.5, 0.6) is 5.75 Å². The zero-order valence-electron chi connectivity index (χ0n) is 14.6. The smallest absolute Gasteiger partial charge is 0.241 e. The molecule has 0 aliphatic carbocycles. The van der Waals surface area contributed by atoms with E-state index >= 15 is 0 Å². The van der Waals surface area contributed by atoms with Gasteiger partial charge in [-0.25, -0.2) is 0 Å². The van der Waals surface area contributed by atoms with Gasteiger partial charge in [0.2, 0.25) is 11.8 Å². The number of halogens is 1. The first-order valence-corrected chi connectivity index (χ1v) is 9.50. The van der Waals surface area contributed by atoms with Crippen molar-refractivity contribution in [3.8, 4) is 5.75 Å². The van der Waals surface area contributed by atoms with Crippen LogP contribution in [0.3, 0.4) is 0 Å². The maximum atomic E-state index is 12.2. The molecular formula is C17H26ClN3O3S. The fourth-order valence-corrected chi connectivity index (χ4v) is 3.14. The molecule has 3 N–H and O–H groups in total. The summed E-state index contributed by atoms with van der Waals surface area (Å²) in [5.74, 6) is 1.32. The summed E-state index contributed by atoms with van der Waals surface area (Å²) in [6, 6.07) is 4.76. The minimum Gasteiger partial charge on any atom is -0.495 e. The highest BCUT2D eigenvalue weighted by Gasteiger charge is 2.23. The van der Waals surface area contributed by atoms with Gasteiger partial charge in [0.25, 0.3) is 0 Å². The molecule has 1 atom stereocenters. The monoisotopic (exact) mass is 387 g/mol. The first kappa shape index (κ1) is 21.6. The van der Waals surface area contributed by atoms with Crippen molar-refractivity contribution >= 4 is 47.4 Å². The third-order valence-corrected chi connectivity index (χ3v) is 4.67. The fraction of sp³-hybridized carbons (Fsp3) is 0.529. The molecule has 1 aliphatic heterocycles. The Morgan fingerprint density at radius 2 is 2.20 bits per heavy atom. The van der Waals surface area contributed by atoms with Crippen LogP contribution in [0.2, 0.25) is 0 Å². The number of hydrogen-bond acceptors (Lipinski definition) is 5. The third-order valence-electron chi connectivity index (χ3n) is 4.03. The van der Waals surface area contributed by atoms with Crippen molar-refractivity contribution in [1.29, 1.82) is 0 Å². The molecule has 2 amide bonds. The third kappa shape index (κ3) is 5.80. The molecule has 0 bridgehead atoms. The highest BCUT2D eigenvalue weighted by Crippen LogP contribution is 2.33. The minimum absolute atomic E-state index is 0. The van der Waals surface area contributed by atoms with E-state index in [1.165, 1.54) is 0 Å². The topological polar surface area (TPSA) is 84.7 Å². The molecule has 0 spiro atoms. The van der Waals surface area contributed by atoms with Gasteiger partial charge in [-0.3, -0.25) is 9.59 Å². The van der Waals surface area contributed by atoms with Crippen LogP contribution in [0, 0.1) is 0 Å². The molecule has 1 heterocycles. The number of carbonyl (C=O) groups is 2. The van der Waals surface area contributed by atoms with Crippen molar-refractivity contribution in [1.82, 2.24) is 0 Å². The lowest BCUT2D eigenvalue weighted by molar-refractivity contribution is -0.119. The summed E-state index contributed by atoms with van der Waals surface area (Å²) in [7, 11) is 1.57. The molecule has 0 radical (unpaired) electrons. The van der Waals surface area contributed by atoms with Crippen LogP contribution >= 0.6 is 24.2 Å². The number of nitrogens with two attached hydrogens (primary N) is 1. The molecule has 2 rings (SSSR count). The zero-order valence-corrected chi connectivity index (χ0v) is 16.3. The lowest BCUT2D eigenvalue weighted by atomic mass is 10.1. The normalized spacial score (nSPS) is 15.3. The number of nitrogens with one attached hydrogen (secondary N) is 1. The SMILES string of the molecule is COc1ccc(NC(=O)[C@@H](N)CCSC)cc1N1CCCCC1=O.Cl. The Kier molecular flexibility index (Phi) is 9.10. The average molecular weight is 388 g/mol. The Labute approximate surface area is 159 Å². The second kappa shape index (κ2) is 10.5. The lowest BCUT2D eigenvalue weighted by Gasteiger charge is -2.28. The molecule has 6 nitrogen and oxygen atoms in total. The molecule has 1 saturated heterocycles. The molecule has 0 saturated carbocycles. The number of nitrogens with zero attached hydrogens (tertiary/aromatic N) is 1. The molecule has 140 valence electrons. The van der Waals surface area contributed by atoms with Crippen molar-refractivity contribution < 1.29 is 14.3 Å². The van der Waals surface area contributed by atoms with E-state index in [-0.39, 0.29) is 24.2 Å². The van der Waals surface area contributed by atoms with Crippen LogP contribution in [0.25, 0.3) is 0 Å². The van der Waals surface area contributed by atoms with Crippen molar-refractivity contribution in [2.45, 2.75) is 31.7 Å². The van der Waals surface area contributed by atoms with Crippen LogP contribution < -0.4 is 20.7 Å². The van der Waals surface area contributed by atoms with E-state index in [4.69, 9.17) is 10.5 Å². The number of ether oxygens (including phenoxy) is 1. The van der Waals surface area contributed by atoms with Crippen molar-refractivity contribution in [2.75, 3.05) is 35.9 Å². The molecule has 0 unspecified atom stereocenters. The van der Waals surface area contributed by atoms with Gasteiger partial charge in [-0.1, -0.05) is 0 Å². The Hall–Kier alpha value is -1.44. The fourth-order valence-electron chi connectivity index (χ4n) is 2.65. The molecule has 1 aliphatic rings. The summed E-state index contributed by atoms with van der Waals surface area (Å²) >= 11 is 1.66. The molecule has 25 heavy (non-hydrogen) atoms. The average Bonchev–Trinajstić information content (AvgIpc) is 2.60. The van der Waals surface area contributed by atoms with Gasteiger partial charge in [0, 0.05) is 18.7 Å². The van der Waals surface area contributed by atoms with Gasteiger partial charge < -0.3 is 20.7 Å². The second-order valence-electron chi connectivity index (χ2n) is 5.77. The van der Waals surface area contributed by atoms with Crippen LogP contribution in [0.1, 0.15) is 25.7 Å². The van der Waals surface area contributed by atoms with E-state index in [1.807, 2.05) is 6.26 Å². The second-order valence-corrected chi connectivity index (χ2v) is 6.75. The largest absolute Gasteiger partial charge is 0.495 e. The molecule has 8 heteroatoms. The van der Waals surface area contributed by atoms with Gasteiger partial charge in [0.1, 0.15) is 5.75 Å². The predicted molar refractivity (Wildman–Crippen MR) is 106 cm³/mol. The van der Waals surface area contributed by atoms with Gasteiger partial charge in [0.05, 0.1) is 18.8 Å². The number of carbonyl (C=O) groups excluding carboxylic acids is 2. The molecule has 0 aromatic heterocycles. The van der Waals surface area contributed by atoms with Crippen LogP contribution in [0.4, 0.5) is 11.4 Å². The number of thioether (sulfide) groups is 1. The van der Waals surface area contributed by atoms with Gasteiger partial charge in [-0.2, -0.15) is 11.8 Å². The standard InChI is InChI=1S/C17H25N3O3S.ClH/c1-23-15-7-6-12(19-17(22)13(18)8-10-24-2)11-14(15)20-9-4-3-5-16(20)21;/h6-7,11,13H,3-5,8-10,18H2,1-2H3,(H,19,22);1H/t13-;/m0./s1. The Balaban J connectivity index is 0.00000312. The summed E-state index contributed by atoms with van der Waals surface area (Å²) in [5, 5.41) is 2.83. The van der Waals surface area contributed by atoms with E-state index in [0.29, 0.717) is 36.5 Å². The van der Waals surface area contributed by atoms with Crippen LogP contribution in [0.15, 0.2) is 18.2 Å². The van der Waals surface area contributed by atoms with E-state index in [9.17, 15) is 9.59 Å². The lowest BCUT2D eigenvalue weighted by Crippen LogP contribution is -2.37. The summed E-state index contributed by atoms with van der Waals surface area (Å²) in [6.45, 7) is 0.666. The van der Waals surface area contributed by atoms with Gasteiger partial charge in [-0.05, 0) is 49.5 Å². The Bertz CT molecular complexity index is 601. The molecule has 1 aromatic rings. The Morgan fingerprint density at radius 1 is 1.44 bits per heavy atom. The van der Waals surface area contributed by atoms with E-state index in [1.54, 1.807) is 42.0 Å². The van der Waals surface area contributed by atoms with E-state index in [0.717, 1.165) is 18.6 Å². The molecule has 1 aromatic carbocycles. The molecule has 1 fully saturated rings. The highest BCUT2D eigenvalue weighted by atomic mass is 35.5. The van der Waals surface area contributed by atoms with Gasteiger partial charge in [0.15, 0.2) is 0 Å². The predicted octanol–water partition coefficient (Wildman–Crippen LogP) is 2.65. The number of hydrogen-bond donors (Lipinski definition) is 2. The summed E-state index contributed by atoms with van der Waals surface area (Å²) in [4.78, 5) is 26.1. The number of benzene rings is 1. The number of rotatable bonds is 7. The van der Waals surface area contributed by atoms with Gasteiger partial charge >= 0.3 is 0 Å². The van der Waals surface area contributed by atoms with E-state index < -0.39 is 6.04 Å². The number of amides is 2. The van der Waals surface area contributed by atoms with E-state index in [2.05, 4.69) is 5.32 Å². The highest BCUT2D eigenvalue weighted by molar-refractivity contribution is 7.98. The number of anilines is 2. The van der Waals surface area contributed by atoms with Crippen LogP contribution in [-0.4, -0.2) is 43.5 Å². The van der Waals surface area contributed by atoms with Gasteiger partial charge in [-0.15, -0.1) is 12.4 Å². The maximum absolute atomic E-state index is 12.2. The number of methoxy groups -OCH3 is 1. The summed E-state index contributed by atoms with van der Waals surface area (Å²) < 4.78 is 5.37. The quantitative estimate of drug-likeness (QED) is 0.751. The summed E-state index contributed by atoms with van der Waals surface area (Å²) in [6.07, 6.45) is 5.03. The first-order chi connectivity index (χ1) is 11.6. The number of piperidine rings is 1. The minimum atomic E-state index is -0.542. The maximum Gasteiger partial charge on any atom is 0.241 e. The van der Waals surface area contributed by atoms with Crippen LogP contribution in [-0.2, 0) is 9.59 Å². The van der Waals surface area contributed by atoms with Crippen molar-refractivity contribution in [2.24, 2.45) is 5.73 Å². The first-order valence-electron chi connectivity index (χ1n) is 8.10. The van der Waals surface area contributed by atoms with Crippen molar-refractivity contribution in [3.05, 3.63) is 18.2 Å². The summed E-state index contributed by atoms with van der Waals surface area (Å²) in [5.41, 5.74) is 7.21. The molecular weight excluding hydrogens is 362 g/mol. The van der Waals surface area contributed by atoms with Crippen molar-refractivity contribution in [3.63, 3.8) is 0 Å². The Morgan fingerprint density at radius 3 is 2.84 bits per heavy atom. The zero-order chi connectivity index (χ0) is 17.5.